The number of hydrogen-bond donors (Lipinski definition) is 0. The van der Waals surface area contributed by atoms with Crippen molar-refractivity contribution in [3.63, 3.8) is 0 Å². The van der Waals surface area contributed by atoms with Gasteiger partial charge in [-0.25, -0.2) is 0 Å². The molecule has 0 saturated carbocycles. The molecule has 0 aliphatic carbocycles. The van der Waals surface area contributed by atoms with E-state index < -0.39 is 8.80 Å². The molecule has 5 nitrogen and oxygen atoms in total. The van der Waals surface area contributed by atoms with Crippen LogP contribution < -0.4 is 0 Å². The van der Waals surface area contributed by atoms with Gasteiger partial charge in [-0.3, -0.25) is 4.84 Å². The summed E-state index contributed by atoms with van der Waals surface area (Å²) in [5.41, 5.74) is 0. The summed E-state index contributed by atoms with van der Waals surface area (Å²) >= 11 is 0. The smallest absolute Gasteiger partial charge is 0.377 e. The highest BCUT2D eigenvalue weighted by molar-refractivity contribution is 6.60. The second-order valence-electron chi connectivity index (χ2n) is 3.40. The second kappa shape index (κ2) is 8.20. The van der Waals surface area contributed by atoms with Crippen molar-refractivity contribution in [3.8, 4) is 0 Å². The van der Waals surface area contributed by atoms with Crippen LogP contribution in [0.4, 0.5) is 0 Å². The fourth-order valence-corrected chi connectivity index (χ4v) is 3.04. The van der Waals surface area contributed by atoms with Gasteiger partial charge in [0.1, 0.15) is 0 Å². The Balaban J connectivity index is 3.63. The third kappa shape index (κ3) is 6.24. The van der Waals surface area contributed by atoms with E-state index in [2.05, 4.69) is 0 Å². The van der Waals surface area contributed by atoms with E-state index in [0.717, 1.165) is 18.9 Å². The monoisotopic (exact) mass is 237 g/mol. The van der Waals surface area contributed by atoms with Crippen LogP contribution in [-0.4, -0.2) is 55.9 Å². The molecular weight excluding hydrogens is 214 g/mol. The Hall–Kier alpha value is 0.0169. The molecular formula is C9H23NO4Si. The minimum atomic E-state index is -2.36. The van der Waals surface area contributed by atoms with Crippen LogP contribution in [0.25, 0.3) is 0 Å². The van der Waals surface area contributed by atoms with Crippen LogP contribution in [0, 0.1) is 0 Å². The standard InChI is InChI=1S/C9H23NO4Si/c1-10(2)14-8-6-7-9-15(11-3,12-4)13-5/h6-9H2,1-5H3. The molecule has 0 heterocycles. The van der Waals surface area contributed by atoms with Crippen LogP contribution in [0.15, 0.2) is 0 Å². The molecule has 0 rings (SSSR count). The van der Waals surface area contributed by atoms with E-state index in [4.69, 9.17) is 18.1 Å². The fourth-order valence-electron chi connectivity index (χ4n) is 1.25. The van der Waals surface area contributed by atoms with E-state index in [1.54, 1.807) is 26.4 Å². The van der Waals surface area contributed by atoms with Crippen molar-refractivity contribution in [2.24, 2.45) is 0 Å². The van der Waals surface area contributed by atoms with E-state index in [1.807, 2.05) is 14.1 Å². The Morgan fingerprint density at radius 3 is 1.87 bits per heavy atom. The predicted molar refractivity (Wildman–Crippen MR) is 60.5 cm³/mol. The van der Waals surface area contributed by atoms with E-state index in [-0.39, 0.29) is 0 Å². The van der Waals surface area contributed by atoms with Crippen molar-refractivity contribution in [1.82, 2.24) is 5.06 Å². The molecule has 0 fully saturated rings. The van der Waals surface area contributed by atoms with Gasteiger partial charge in [-0.05, 0) is 12.8 Å². The highest BCUT2D eigenvalue weighted by Crippen LogP contribution is 2.16. The maximum Gasteiger partial charge on any atom is 0.500 e. The highest BCUT2D eigenvalue weighted by Gasteiger charge is 2.36. The number of unbranched alkanes of at least 4 members (excludes halogenated alkanes) is 1. The summed E-state index contributed by atoms with van der Waals surface area (Å²) < 4.78 is 15.9. The molecule has 92 valence electrons. The molecule has 0 N–H and O–H groups in total. The van der Waals surface area contributed by atoms with Crippen molar-refractivity contribution >= 4 is 8.80 Å². The topological polar surface area (TPSA) is 40.2 Å². The molecule has 0 spiro atoms. The van der Waals surface area contributed by atoms with Gasteiger partial charge in [0.05, 0.1) is 6.61 Å². The number of hydroxylamine groups is 2. The highest BCUT2D eigenvalue weighted by atomic mass is 28.4. The van der Waals surface area contributed by atoms with Crippen molar-refractivity contribution in [3.05, 3.63) is 0 Å². The zero-order chi connectivity index (χ0) is 11.7. The SMILES string of the molecule is CO[Si](CCCCON(C)C)(OC)OC. The second-order valence-corrected chi connectivity index (χ2v) is 6.49. The molecule has 6 heteroatoms. The van der Waals surface area contributed by atoms with Gasteiger partial charge in [-0.15, -0.1) is 0 Å². The molecule has 0 aliphatic rings. The van der Waals surface area contributed by atoms with Crippen molar-refractivity contribution in [1.29, 1.82) is 0 Å². The first-order chi connectivity index (χ1) is 7.10. The van der Waals surface area contributed by atoms with Gasteiger partial charge in [0.15, 0.2) is 0 Å². The van der Waals surface area contributed by atoms with E-state index in [0.29, 0.717) is 6.61 Å². The molecule has 0 bridgehead atoms. The first-order valence-electron chi connectivity index (χ1n) is 5.06. The van der Waals surface area contributed by atoms with Crippen LogP contribution in [0.1, 0.15) is 12.8 Å². The minimum Gasteiger partial charge on any atom is -0.377 e. The number of rotatable bonds is 9. The van der Waals surface area contributed by atoms with Gasteiger partial charge in [0.2, 0.25) is 0 Å². The summed E-state index contributed by atoms with van der Waals surface area (Å²) in [6.07, 6.45) is 1.96. The largest absolute Gasteiger partial charge is 0.500 e. The summed E-state index contributed by atoms with van der Waals surface area (Å²) in [4.78, 5) is 5.28. The van der Waals surface area contributed by atoms with E-state index >= 15 is 0 Å². The Morgan fingerprint density at radius 2 is 1.47 bits per heavy atom. The molecule has 0 unspecified atom stereocenters. The van der Waals surface area contributed by atoms with Gasteiger partial charge >= 0.3 is 8.80 Å². The molecule has 15 heavy (non-hydrogen) atoms. The lowest BCUT2D eigenvalue weighted by molar-refractivity contribution is -0.120. The lowest BCUT2D eigenvalue weighted by Gasteiger charge is -2.24. The normalized spacial score (nSPS) is 12.4. The number of hydrogen-bond acceptors (Lipinski definition) is 5. The Morgan fingerprint density at radius 1 is 0.933 bits per heavy atom. The summed E-state index contributed by atoms with van der Waals surface area (Å²) in [5, 5.41) is 1.70. The van der Waals surface area contributed by atoms with Crippen molar-refractivity contribution < 1.29 is 18.1 Å². The third-order valence-electron chi connectivity index (χ3n) is 2.16. The maximum absolute atomic E-state index is 5.31. The maximum atomic E-state index is 5.31. The Kier molecular flexibility index (Phi) is 8.21. The number of nitrogens with zero attached hydrogens (tertiary/aromatic N) is 1. The third-order valence-corrected chi connectivity index (χ3v) is 4.99. The van der Waals surface area contributed by atoms with Crippen molar-refractivity contribution in [2.45, 2.75) is 18.9 Å². The molecule has 0 aromatic heterocycles. The van der Waals surface area contributed by atoms with E-state index in [1.165, 1.54) is 0 Å². The zero-order valence-electron chi connectivity index (χ0n) is 10.4. The van der Waals surface area contributed by atoms with Gasteiger partial charge in [-0.1, -0.05) is 0 Å². The molecule has 0 aromatic rings. The summed E-state index contributed by atoms with van der Waals surface area (Å²) in [6, 6.07) is 0.827. The van der Waals surface area contributed by atoms with Gasteiger partial charge < -0.3 is 13.3 Å². The first-order valence-corrected chi connectivity index (χ1v) is 6.99. The molecule has 0 aromatic carbocycles. The molecule has 0 radical (unpaired) electrons. The quantitative estimate of drug-likeness (QED) is 0.342. The van der Waals surface area contributed by atoms with Gasteiger partial charge in [-0.2, -0.15) is 5.06 Å². The summed E-state index contributed by atoms with van der Waals surface area (Å²) in [5.74, 6) is 0. The zero-order valence-corrected chi connectivity index (χ0v) is 11.4. The van der Waals surface area contributed by atoms with Gasteiger partial charge in [0, 0.05) is 41.5 Å². The Labute approximate surface area is 93.6 Å². The van der Waals surface area contributed by atoms with Crippen LogP contribution in [0.3, 0.4) is 0 Å². The summed E-state index contributed by atoms with van der Waals surface area (Å²) in [6.45, 7) is 0.717. The molecule has 0 atom stereocenters. The Bertz CT molecular complexity index is 145. The van der Waals surface area contributed by atoms with Crippen molar-refractivity contribution in [2.75, 3.05) is 42.0 Å². The van der Waals surface area contributed by atoms with Crippen LogP contribution in [0.5, 0.6) is 0 Å². The average molecular weight is 237 g/mol. The molecule has 0 aliphatic heterocycles. The van der Waals surface area contributed by atoms with Crippen LogP contribution in [-0.2, 0) is 18.1 Å². The van der Waals surface area contributed by atoms with Crippen LogP contribution >= 0.6 is 0 Å². The van der Waals surface area contributed by atoms with Crippen LogP contribution in [0.2, 0.25) is 6.04 Å². The minimum absolute atomic E-state index is 0.717. The lowest BCUT2D eigenvalue weighted by atomic mass is 10.4. The predicted octanol–water partition coefficient (Wildman–Crippen LogP) is 1.14. The molecule has 0 amide bonds. The van der Waals surface area contributed by atoms with Gasteiger partial charge in [0.25, 0.3) is 0 Å². The molecule has 0 saturated heterocycles. The lowest BCUT2D eigenvalue weighted by Crippen LogP contribution is -2.42. The average Bonchev–Trinajstić information content (AvgIpc) is 2.24. The fraction of sp³-hybridized carbons (Fsp3) is 1.00. The first kappa shape index (κ1) is 15.0. The summed E-state index contributed by atoms with van der Waals surface area (Å²) in [7, 11) is 6.29. The van der Waals surface area contributed by atoms with E-state index in [9.17, 15) is 0 Å².